The third-order valence-electron chi connectivity index (χ3n) is 3.22. The molecule has 3 rings (SSSR count). The minimum atomic E-state index is -0.0428. The molecule has 1 amide bonds. The molecule has 0 radical (unpaired) electrons. The summed E-state index contributed by atoms with van der Waals surface area (Å²) < 4.78 is 4.83. The maximum Gasteiger partial charge on any atom is 0.226 e. The molecule has 0 aliphatic carbocycles. The lowest BCUT2D eigenvalue weighted by atomic mass is 10.1. The molecule has 102 valence electrons. The molecule has 1 aromatic carbocycles. The molecule has 0 bridgehead atoms. The smallest absolute Gasteiger partial charge is 0.226 e. The molecule has 2 aromatic heterocycles. The van der Waals surface area contributed by atoms with Crippen molar-refractivity contribution in [3.63, 3.8) is 0 Å². The third kappa shape index (κ3) is 2.71. The van der Waals surface area contributed by atoms with E-state index < -0.39 is 0 Å². The zero-order chi connectivity index (χ0) is 13.8. The maximum atomic E-state index is 11.7. The Kier molecular flexibility index (Phi) is 3.50. The first kappa shape index (κ1) is 12.5. The van der Waals surface area contributed by atoms with Crippen LogP contribution in [0.2, 0.25) is 0 Å². The average molecular weight is 269 g/mol. The van der Waals surface area contributed by atoms with Crippen molar-refractivity contribution >= 4 is 16.8 Å². The second-order valence-corrected chi connectivity index (χ2v) is 4.62. The number of aromatic amines is 1. The summed E-state index contributed by atoms with van der Waals surface area (Å²) in [6, 6.07) is 8.14. The Morgan fingerprint density at radius 1 is 1.35 bits per heavy atom. The van der Waals surface area contributed by atoms with Crippen LogP contribution in [0.15, 0.2) is 47.5 Å². The normalized spacial score (nSPS) is 10.8. The number of nitrogens with zero attached hydrogens (tertiary/aromatic N) is 1. The number of hydrogen-bond acceptors (Lipinski definition) is 3. The van der Waals surface area contributed by atoms with Crippen LogP contribution in [0.25, 0.3) is 10.9 Å². The van der Waals surface area contributed by atoms with Crippen LogP contribution in [-0.4, -0.2) is 22.4 Å². The number of H-pyrrole nitrogens is 1. The first-order chi connectivity index (χ1) is 9.83. The minimum Gasteiger partial charge on any atom is -0.451 e. The fourth-order valence-electron chi connectivity index (χ4n) is 2.23. The lowest BCUT2D eigenvalue weighted by molar-refractivity contribution is -0.120. The maximum absolute atomic E-state index is 11.7. The predicted molar refractivity (Wildman–Crippen MR) is 75.2 cm³/mol. The molecule has 0 unspecified atom stereocenters. The number of amides is 1. The third-order valence-corrected chi connectivity index (χ3v) is 3.22. The molecule has 0 spiro atoms. The summed E-state index contributed by atoms with van der Waals surface area (Å²) in [6.45, 7) is 0.610. The van der Waals surface area contributed by atoms with E-state index in [1.54, 1.807) is 0 Å². The van der Waals surface area contributed by atoms with Crippen molar-refractivity contribution < 1.29 is 9.21 Å². The first-order valence-electron chi connectivity index (χ1n) is 6.51. The van der Waals surface area contributed by atoms with Gasteiger partial charge in [0, 0.05) is 23.6 Å². The molecule has 0 aliphatic rings. The number of nitrogens with one attached hydrogen (secondary N) is 2. The molecule has 0 fully saturated rings. The largest absolute Gasteiger partial charge is 0.451 e. The summed E-state index contributed by atoms with van der Waals surface area (Å²) in [7, 11) is 0. The number of aromatic nitrogens is 2. The van der Waals surface area contributed by atoms with Gasteiger partial charge in [-0.2, -0.15) is 0 Å². The highest BCUT2D eigenvalue weighted by Gasteiger charge is 2.06. The van der Waals surface area contributed by atoms with Gasteiger partial charge < -0.3 is 14.7 Å². The van der Waals surface area contributed by atoms with Crippen molar-refractivity contribution in [2.45, 2.75) is 12.8 Å². The number of hydrogen-bond donors (Lipinski definition) is 2. The van der Waals surface area contributed by atoms with Crippen LogP contribution < -0.4 is 5.32 Å². The standard InChI is InChI=1S/C15H15N3O2/c19-15(7-12-9-20-10-18-12)16-6-5-11-8-17-14-4-2-1-3-13(11)14/h1-4,8-10,17H,5-7H2,(H,16,19). The summed E-state index contributed by atoms with van der Waals surface area (Å²) in [5.41, 5.74) is 2.98. The topological polar surface area (TPSA) is 70.9 Å². The number of oxazole rings is 1. The van der Waals surface area contributed by atoms with E-state index in [-0.39, 0.29) is 12.3 Å². The van der Waals surface area contributed by atoms with Gasteiger partial charge in [0.15, 0.2) is 6.39 Å². The molecule has 2 N–H and O–H groups in total. The molecular weight excluding hydrogens is 254 g/mol. The SMILES string of the molecule is O=C(Cc1cocn1)NCCc1c[nH]c2ccccc12. The van der Waals surface area contributed by atoms with E-state index in [1.807, 2.05) is 24.4 Å². The number of fused-ring (bicyclic) bond motifs is 1. The van der Waals surface area contributed by atoms with Crippen LogP contribution >= 0.6 is 0 Å². The highest BCUT2D eigenvalue weighted by atomic mass is 16.3. The van der Waals surface area contributed by atoms with Crippen molar-refractivity contribution in [3.8, 4) is 0 Å². The summed E-state index contributed by atoms with van der Waals surface area (Å²) in [5, 5.41) is 4.10. The lowest BCUT2D eigenvalue weighted by Gasteiger charge is -2.03. The van der Waals surface area contributed by atoms with Gasteiger partial charge in [0.2, 0.25) is 5.91 Å². The Morgan fingerprint density at radius 2 is 2.25 bits per heavy atom. The summed E-state index contributed by atoms with van der Waals surface area (Å²) in [6.07, 6.45) is 5.86. The molecule has 0 aliphatic heterocycles. The van der Waals surface area contributed by atoms with Gasteiger partial charge in [-0.1, -0.05) is 18.2 Å². The van der Waals surface area contributed by atoms with Crippen LogP contribution in [0.1, 0.15) is 11.3 Å². The van der Waals surface area contributed by atoms with Crippen molar-refractivity contribution in [3.05, 3.63) is 54.4 Å². The molecule has 5 heteroatoms. The lowest BCUT2D eigenvalue weighted by Crippen LogP contribution is -2.27. The monoisotopic (exact) mass is 269 g/mol. The van der Waals surface area contributed by atoms with Crippen LogP contribution in [0, 0.1) is 0 Å². The molecule has 0 saturated heterocycles. The fraction of sp³-hybridized carbons (Fsp3) is 0.200. The second-order valence-electron chi connectivity index (χ2n) is 4.62. The van der Waals surface area contributed by atoms with Crippen molar-refractivity contribution in [1.82, 2.24) is 15.3 Å². The van der Waals surface area contributed by atoms with Gasteiger partial charge in [0.1, 0.15) is 6.26 Å². The van der Waals surface area contributed by atoms with Gasteiger partial charge in [-0.15, -0.1) is 0 Å². The minimum absolute atomic E-state index is 0.0428. The molecule has 20 heavy (non-hydrogen) atoms. The number of rotatable bonds is 5. The fourth-order valence-corrected chi connectivity index (χ4v) is 2.23. The van der Waals surface area contributed by atoms with Gasteiger partial charge in [-0.3, -0.25) is 4.79 Å². The molecular formula is C15H15N3O2. The second kappa shape index (κ2) is 5.61. The Balaban J connectivity index is 1.53. The number of carbonyl (C=O) groups excluding carboxylic acids is 1. The average Bonchev–Trinajstić information content (AvgIpc) is 3.09. The van der Waals surface area contributed by atoms with E-state index in [1.165, 1.54) is 23.6 Å². The molecule has 3 aromatic rings. The van der Waals surface area contributed by atoms with Gasteiger partial charge >= 0.3 is 0 Å². The van der Waals surface area contributed by atoms with E-state index in [0.717, 1.165) is 11.9 Å². The predicted octanol–water partition coefficient (Wildman–Crippen LogP) is 2.06. The Morgan fingerprint density at radius 3 is 3.10 bits per heavy atom. The van der Waals surface area contributed by atoms with Gasteiger partial charge in [0.05, 0.1) is 12.1 Å². The highest BCUT2D eigenvalue weighted by molar-refractivity contribution is 5.83. The number of para-hydroxylation sites is 1. The van der Waals surface area contributed by atoms with Crippen molar-refractivity contribution in [2.75, 3.05) is 6.54 Å². The van der Waals surface area contributed by atoms with Gasteiger partial charge in [-0.25, -0.2) is 4.98 Å². The zero-order valence-corrected chi connectivity index (χ0v) is 10.9. The quantitative estimate of drug-likeness (QED) is 0.744. The summed E-state index contributed by atoms with van der Waals surface area (Å²) in [4.78, 5) is 18.9. The van der Waals surface area contributed by atoms with Gasteiger partial charge in [0.25, 0.3) is 0 Å². The molecule has 0 saturated carbocycles. The van der Waals surface area contributed by atoms with Crippen LogP contribution in [0.3, 0.4) is 0 Å². The molecule has 2 heterocycles. The van der Waals surface area contributed by atoms with Crippen molar-refractivity contribution in [1.29, 1.82) is 0 Å². The Bertz CT molecular complexity index is 701. The van der Waals surface area contributed by atoms with Crippen molar-refractivity contribution in [2.24, 2.45) is 0 Å². The van der Waals surface area contributed by atoms with E-state index in [2.05, 4.69) is 21.4 Å². The summed E-state index contributed by atoms with van der Waals surface area (Å²) in [5.74, 6) is -0.0428. The van der Waals surface area contributed by atoms with E-state index in [9.17, 15) is 4.79 Å². The van der Waals surface area contributed by atoms with E-state index in [0.29, 0.717) is 12.2 Å². The summed E-state index contributed by atoms with van der Waals surface area (Å²) >= 11 is 0. The number of carbonyl (C=O) groups is 1. The Hall–Kier alpha value is -2.56. The Labute approximate surface area is 116 Å². The van der Waals surface area contributed by atoms with E-state index in [4.69, 9.17) is 4.42 Å². The van der Waals surface area contributed by atoms with Crippen LogP contribution in [0.5, 0.6) is 0 Å². The molecule has 0 atom stereocenters. The molecule has 5 nitrogen and oxygen atoms in total. The first-order valence-corrected chi connectivity index (χ1v) is 6.51. The van der Waals surface area contributed by atoms with Crippen LogP contribution in [0.4, 0.5) is 0 Å². The highest BCUT2D eigenvalue weighted by Crippen LogP contribution is 2.17. The van der Waals surface area contributed by atoms with E-state index >= 15 is 0 Å². The van der Waals surface area contributed by atoms with Gasteiger partial charge in [-0.05, 0) is 18.1 Å². The zero-order valence-electron chi connectivity index (χ0n) is 10.9. The number of benzene rings is 1. The van der Waals surface area contributed by atoms with Crippen LogP contribution in [-0.2, 0) is 17.6 Å².